The summed E-state index contributed by atoms with van der Waals surface area (Å²) in [5.41, 5.74) is 1.44. The van der Waals surface area contributed by atoms with Crippen LogP contribution < -0.4 is 0 Å². The molecule has 1 fully saturated rings. The van der Waals surface area contributed by atoms with Gasteiger partial charge in [-0.15, -0.1) is 0 Å². The first-order valence-corrected chi connectivity index (χ1v) is 3.89. The Kier molecular flexibility index (Phi) is 1.46. The quantitative estimate of drug-likeness (QED) is 0.688. The number of nitrogens with zero attached hydrogens (tertiary/aromatic N) is 1. The first-order chi connectivity index (χ1) is 5.33. The predicted octanol–water partition coefficient (Wildman–Crippen LogP) is 1.75. The Bertz CT molecular complexity index is 291. The molecule has 0 atom stereocenters. The maximum Gasteiger partial charge on any atom is 0.161 e. The minimum Gasteiger partial charge on any atom is -0.298 e. The van der Waals surface area contributed by atoms with Crippen LogP contribution >= 0.6 is 11.6 Å². The number of halogens is 1. The molecule has 2 rings (SSSR count). The minimum absolute atomic E-state index is 0.293. The summed E-state index contributed by atoms with van der Waals surface area (Å²) in [4.78, 5) is 10.5. The Morgan fingerprint density at radius 3 is 2.91 bits per heavy atom. The van der Waals surface area contributed by atoms with Crippen molar-refractivity contribution in [3.63, 3.8) is 0 Å². The lowest BCUT2D eigenvalue weighted by molar-refractivity contribution is 0.112. The zero-order valence-electron chi connectivity index (χ0n) is 5.80. The molecule has 0 radical (unpaired) electrons. The van der Waals surface area contributed by atoms with Gasteiger partial charge in [0.05, 0.1) is 11.3 Å². The average Bonchev–Trinajstić information content (AvgIpc) is 2.76. The highest BCUT2D eigenvalue weighted by Crippen LogP contribution is 2.41. The summed E-state index contributed by atoms with van der Waals surface area (Å²) in [6, 6.07) is 0. The number of hydrogen-bond donors (Lipinski definition) is 1. The van der Waals surface area contributed by atoms with Crippen LogP contribution in [0.25, 0.3) is 0 Å². The molecule has 0 aromatic carbocycles. The Hall–Kier alpha value is -0.830. The third kappa shape index (κ3) is 1.05. The van der Waals surface area contributed by atoms with E-state index in [2.05, 4.69) is 10.2 Å². The van der Waals surface area contributed by atoms with Crippen molar-refractivity contribution in [1.82, 2.24) is 10.2 Å². The standard InChI is InChI=1S/C7H7ClN2O/c8-7-5(3-11)6(9-10-7)4-1-2-4/h3-4H,1-2H2,(H,9,10). The van der Waals surface area contributed by atoms with Crippen molar-refractivity contribution in [2.24, 2.45) is 0 Å². The van der Waals surface area contributed by atoms with Crippen LogP contribution in [0.15, 0.2) is 0 Å². The Balaban J connectivity index is 2.44. The normalized spacial score (nSPS) is 16.8. The van der Waals surface area contributed by atoms with Gasteiger partial charge in [-0.3, -0.25) is 9.89 Å². The van der Waals surface area contributed by atoms with Gasteiger partial charge < -0.3 is 0 Å². The fraction of sp³-hybridized carbons (Fsp3) is 0.429. The number of nitrogens with one attached hydrogen (secondary N) is 1. The molecule has 1 saturated carbocycles. The molecule has 1 aliphatic carbocycles. The van der Waals surface area contributed by atoms with Gasteiger partial charge in [0.1, 0.15) is 0 Å². The van der Waals surface area contributed by atoms with Crippen LogP contribution in [0.5, 0.6) is 0 Å². The fourth-order valence-electron chi connectivity index (χ4n) is 1.14. The number of hydrogen-bond acceptors (Lipinski definition) is 2. The number of carbonyl (C=O) groups excluding carboxylic acids is 1. The first kappa shape index (κ1) is 6.85. The molecule has 11 heavy (non-hydrogen) atoms. The van der Waals surface area contributed by atoms with Gasteiger partial charge in [-0.1, -0.05) is 11.6 Å². The average molecular weight is 171 g/mol. The van der Waals surface area contributed by atoms with E-state index in [1.165, 1.54) is 0 Å². The molecule has 0 aliphatic heterocycles. The summed E-state index contributed by atoms with van der Waals surface area (Å²) in [7, 11) is 0. The van der Waals surface area contributed by atoms with Gasteiger partial charge >= 0.3 is 0 Å². The number of H-pyrrole nitrogens is 1. The van der Waals surface area contributed by atoms with Gasteiger partial charge in [0.15, 0.2) is 11.4 Å². The van der Waals surface area contributed by atoms with E-state index in [4.69, 9.17) is 11.6 Å². The van der Waals surface area contributed by atoms with E-state index in [0.717, 1.165) is 24.8 Å². The van der Waals surface area contributed by atoms with Crippen LogP contribution in [0.3, 0.4) is 0 Å². The monoisotopic (exact) mass is 170 g/mol. The van der Waals surface area contributed by atoms with Gasteiger partial charge in [0.2, 0.25) is 0 Å². The van der Waals surface area contributed by atoms with Crippen LogP contribution in [0.1, 0.15) is 34.8 Å². The molecule has 1 heterocycles. The number of aldehydes is 1. The molecule has 0 spiro atoms. The van der Waals surface area contributed by atoms with E-state index < -0.39 is 0 Å². The summed E-state index contributed by atoms with van der Waals surface area (Å²) in [6.07, 6.45) is 3.04. The van der Waals surface area contributed by atoms with Crippen molar-refractivity contribution in [1.29, 1.82) is 0 Å². The lowest BCUT2D eigenvalue weighted by Gasteiger charge is -1.90. The largest absolute Gasteiger partial charge is 0.298 e. The first-order valence-electron chi connectivity index (χ1n) is 3.52. The maximum atomic E-state index is 10.5. The zero-order chi connectivity index (χ0) is 7.84. The molecule has 0 unspecified atom stereocenters. The minimum atomic E-state index is 0.293. The van der Waals surface area contributed by atoms with Gasteiger partial charge in [0.25, 0.3) is 0 Å². The van der Waals surface area contributed by atoms with E-state index >= 15 is 0 Å². The second-order valence-electron chi connectivity index (χ2n) is 2.73. The van der Waals surface area contributed by atoms with E-state index in [-0.39, 0.29) is 0 Å². The van der Waals surface area contributed by atoms with Gasteiger partial charge in [-0.25, -0.2) is 0 Å². The molecule has 1 aromatic heterocycles. The second-order valence-corrected chi connectivity index (χ2v) is 3.09. The molecular formula is C7H7ClN2O. The van der Waals surface area contributed by atoms with Crippen molar-refractivity contribution in [3.05, 3.63) is 16.4 Å². The summed E-state index contributed by atoms with van der Waals surface area (Å²) < 4.78 is 0. The second kappa shape index (κ2) is 2.34. The molecule has 58 valence electrons. The summed E-state index contributed by atoms with van der Waals surface area (Å²) in [6.45, 7) is 0. The number of aromatic amines is 1. The van der Waals surface area contributed by atoms with E-state index in [1.54, 1.807) is 0 Å². The van der Waals surface area contributed by atoms with E-state index in [0.29, 0.717) is 16.6 Å². The molecule has 1 aliphatic rings. The third-order valence-corrected chi connectivity index (χ3v) is 2.18. The summed E-state index contributed by atoms with van der Waals surface area (Å²) in [5, 5.41) is 6.82. The highest BCUT2D eigenvalue weighted by Gasteiger charge is 2.29. The number of rotatable bonds is 2. The molecule has 1 aromatic rings. The van der Waals surface area contributed by atoms with Crippen LogP contribution in [0.4, 0.5) is 0 Å². The lowest BCUT2D eigenvalue weighted by atomic mass is 10.2. The van der Waals surface area contributed by atoms with Crippen molar-refractivity contribution < 1.29 is 4.79 Å². The molecule has 0 amide bonds. The summed E-state index contributed by atoms with van der Waals surface area (Å²) >= 11 is 5.64. The number of aromatic nitrogens is 2. The van der Waals surface area contributed by atoms with Gasteiger partial charge in [-0.05, 0) is 12.8 Å². The SMILES string of the molecule is O=Cc1c(Cl)n[nH]c1C1CC1. The van der Waals surface area contributed by atoms with Crippen molar-refractivity contribution in [2.45, 2.75) is 18.8 Å². The molecular weight excluding hydrogens is 164 g/mol. The molecule has 1 N–H and O–H groups in total. The van der Waals surface area contributed by atoms with Crippen molar-refractivity contribution in [2.75, 3.05) is 0 Å². The third-order valence-electron chi connectivity index (χ3n) is 1.89. The van der Waals surface area contributed by atoms with Crippen LogP contribution in [-0.2, 0) is 0 Å². The summed E-state index contributed by atoms with van der Waals surface area (Å²) in [5.74, 6) is 0.496. The zero-order valence-corrected chi connectivity index (χ0v) is 6.56. The molecule has 0 bridgehead atoms. The Labute approximate surface area is 68.7 Å². The highest BCUT2D eigenvalue weighted by atomic mass is 35.5. The molecule has 3 nitrogen and oxygen atoms in total. The van der Waals surface area contributed by atoms with Crippen LogP contribution in [-0.4, -0.2) is 16.5 Å². The Morgan fingerprint density at radius 2 is 2.36 bits per heavy atom. The maximum absolute atomic E-state index is 10.5. The van der Waals surface area contributed by atoms with E-state index in [9.17, 15) is 4.79 Å². The van der Waals surface area contributed by atoms with Crippen molar-refractivity contribution in [3.8, 4) is 0 Å². The lowest BCUT2D eigenvalue weighted by Crippen LogP contribution is -1.86. The van der Waals surface area contributed by atoms with Crippen LogP contribution in [0, 0.1) is 0 Å². The van der Waals surface area contributed by atoms with Crippen molar-refractivity contribution >= 4 is 17.9 Å². The smallest absolute Gasteiger partial charge is 0.161 e. The van der Waals surface area contributed by atoms with Crippen LogP contribution in [0.2, 0.25) is 5.15 Å². The highest BCUT2D eigenvalue weighted by molar-refractivity contribution is 6.31. The number of carbonyl (C=O) groups is 1. The molecule has 0 saturated heterocycles. The molecule has 4 heteroatoms. The van der Waals surface area contributed by atoms with Gasteiger partial charge in [0, 0.05) is 5.92 Å². The van der Waals surface area contributed by atoms with E-state index in [1.807, 2.05) is 0 Å². The van der Waals surface area contributed by atoms with Gasteiger partial charge in [-0.2, -0.15) is 5.10 Å². The topological polar surface area (TPSA) is 45.8 Å². The predicted molar refractivity (Wildman–Crippen MR) is 41.0 cm³/mol. The Morgan fingerprint density at radius 1 is 1.64 bits per heavy atom. The fourth-order valence-corrected chi connectivity index (χ4v) is 1.32.